The van der Waals surface area contributed by atoms with Gasteiger partial charge >= 0.3 is 0 Å². The maximum Gasteiger partial charge on any atom is 0.163 e. The summed E-state index contributed by atoms with van der Waals surface area (Å²) in [6.45, 7) is 1.38. The number of nitrogens with one attached hydrogen (secondary N) is 1. The molecule has 1 heterocycles. The number of nitrogens with zero attached hydrogens (tertiary/aromatic N) is 3. The lowest BCUT2D eigenvalue weighted by atomic mass is 10.1. The molecule has 9 heteroatoms. The molecule has 3 rings (SSSR count). The molecule has 1 aromatic heterocycles. The highest BCUT2D eigenvalue weighted by molar-refractivity contribution is 6.32. The van der Waals surface area contributed by atoms with Crippen LogP contribution in [0.2, 0.25) is 5.02 Å². The van der Waals surface area contributed by atoms with Crippen molar-refractivity contribution in [2.45, 2.75) is 6.42 Å². The Labute approximate surface area is 184 Å². The number of hydrogen-bond acceptors (Lipinski definition) is 7. The number of nitriles is 1. The molecular weight excluding hydrogens is 423 g/mol. The van der Waals surface area contributed by atoms with Gasteiger partial charge in [0, 0.05) is 30.3 Å². The Morgan fingerprint density at radius 1 is 1.26 bits per heavy atom. The van der Waals surface area contributed by atoms with Crippen molar-refractivity contribution in [3.8, 4) is 23.3 Å². The summed E-state index contributed by atoms with van der Waals surface area (Å²) >= 11 is 5.76. The number of aromatic hydroxyl groups is 1. The number of ether oxygens (including phenoxy) is 2. The number of fused-ring (bicyclic) bond motifs is 1. The first kappa shape index (κ1) is 22.4. The van der Waals surface area contributed by atoms with Crippen molar-refractivity contribution in [3.63, 3.8) is 0 Å². The molecule has 0 amide bonds. The third kappa shape index (κ3) is 5.08. The van der Waals surface area contributed by atoms with Crippen LogP contribution < -0.4 is 14.8 Å². The zero-order valence-corrected chi connectivity index (χ0v) is 18.1. The highest BCUT2D eigenvalue weighted by Crippen LogP contribution is 2.38. The molecule has 0 atom stereocenters. The smallest absolute Gasteiger partial charge is 0.163 e. The SMILES string of the molecule is COc1cc2c(Nc3cc(O)c(Cl)cc3F)c(C#N)cnc2cc1OCCCN(C)C. The molecule has 0 aliphatic heterocycles. The van der Waals surface area contributed by atoms with Crippen LogP contribution in [0.4, 0.5) is 15.8 Å². The largest absolute Gasteiger partial charge is 0.506 e. The number of anilines is 2. The van der Waals surface area contributed by atoms with Crippen molar-refractivity contribution < 1.29 is 19.0 Å². The molecule has 0 bridgehead atoms. The quantitative estimate of drug-likeness (QED) is 0.487. The van der Waals surface area contributed by atoms with Gasteiger partial charge in [0.1, 0.15) is 17.6 Å². The van der Waals surface area contributed by atoms with Gasteiger partial charge in [0.2, 0.25) is 0 Å². The second kappa shape index (κ2) is 9.69. The summed E-state index contributed by atoms with van der Waals surface area (Å²) < 4.78 is 25.7. The average molecular weight is 445 g/mol. The third-order valence-electron chi connectivity index (χ3n) is 4.58. The number of hydrogen-bond donors (Lipinski definition) is 2. The molecular formula is C22H22ClFN4O3. The number of methoxy groups -OCH3 is 1. The second-order valence-corrected chi connectivity index (χ2v) is 7.50. The molecule has 0 saturated heterocycles. The topological polar surface area (TPSA) is 90.6 Å². The predicted molar refractivity (Wildman–Crippen MR) is 118 cm³/mol. The number of rotatable bonds is 8. The normalized spacial score (nSPS) is 10.9. The Balaban J connectivity index is 2.03. The minimum atomic E-state index is -0.676. The van der Waals surface area contributed by atoms with Gasteiger partial charge in [-0.3, -0.25) is 4.98 Å². The van der Waals surface area contributed by atoms with E-state index in [9.17, 15) is 14.8 Å². The van der Waals surface area contributed by atoms with Gasteiger partial charge in [-0.05, 0) is 32.6 Å². The zero-order valence-electron chi connectivity index (χ0n) is 17.4. The molecule has 0 saturated carbocycles. The van der Waals surface area contributed by atoms with Gasteiger partial charge in [-0.2, -0.15) is 5.26 Å². The minimum Gasteiger partial charge on any atom is -0.506 e. The van der Waals surface area contributed by atoms with E-state index in [1.165, 1.54) is 13.3 Å². The van der Waals surface area contributed by atoms with E-state index in [-0.39, 0.29) is 22.0 Å². The first-order valence-corrected chi connectivity index (χ1v) is 9.85. The average Bonchev–Trinajstić information content (AvgIpc) is 2.74. The monoisotopic (exact) mass is 444 g/mol. The van der Waals surface area contributed by atoms with Crippen molar-refractivity contribution >= 4 is 33.9 Å². The summed E-state index contributed by atoms with van der Waals surface area (Å²) in [6.07, 6.45) is 2.22. The Kier molecular flexibility index (Phi) is 7.00. The van der Waals surface area contributed by atoms with Crippen LogP contribution in [0.15, 0.2) is 30.5 Å². The molecule has 0 radical (unpaired) electrons. The Bertz CT molecular complexity index is 1150. The molecule has 3 aromatic rings. The molecule has 0 fully saturated rings. The van der Waals surface area contributed by atoms with E-state index in [4.69, 9.17) is 21.1 Å². The van der Waals surface area contributed by atoms with E-state index in [0.717, 1.165) is 25.1 Å². The number of phenols is 1. The summed E-state index contributed by atoms with van der Waals surface area (Å²) in [4.78, 5) is 6.40. The van der Waals surface area contributed by atoms with Crippen molar-refractivity contribution in [3.05, 3.63) is 46.9 Å². The van der Waals surface area contributed by atoms with E-state index in [0.29, 0.717) is 34.7 Å². The number of pyridine rings is 1. The van der Waals surface area contributed by atoms with Crippen LogP contribution in [0.25, 0.3) is 10.9 Å². The summed E-state index contributed by atoms with van der Waals surface area (Å²) in [5, 5.41) is 22.7. The van der Waals surface area contributed by atoms with Crippen LogP contribution in [0, 0.1) is 17.1 Å². The van der Waals surface area contributed by atoms with Gasteiger partial charge in [-0.15, -0.1) is 0 Å². The summed E-state index contributed by atoms with van der Waals surface area (Å²) in [6, 6.07) is 7.59. The maximum absolute atomic E-state index is 14.4. The fourth-order valence-electron chi connectivity index (χ4n) is 3.02. The van der Waals surface area contributed by atoms with Gasteiger partial charge in [-0.1, -0.05) is 11.6 Å². The van der Waals surface area contributed by atoms with Crippen molar-refractivity contribution in [1.82, 2.24) is 9.88 Å². The molecule has 31 heavy (non-hydrogen) atoms. The van der Waals surface area contributed by atoms with Gasteiger partial charge in [0.25, 0.3) is 0 Å². The molecule has 0 unspecified atom stereocenters. The first-order chi connectivity index (χ1) is 14.8. The molecule has 7 nitrogen and oxygen atoms in total. The second-order valence-electron chi connectivity index (χ2n) is 7.09. The first-order valence-electron chi connectivity index (χ1n) is 9.47. The number of phenolic OH excluding ortho intramolecular Hbond substituents is 1. The number of benzene rings is 2. The van der Waals surface area contributed by atoms with Crippen molar-refractivity contribution in [1.29, 1.82) is 5.26 Å². The Hall–Kier alpha value is -3.28. The lowest BCUT2D eigenvalue weighted by molar-refractivity contribution is 0.268. The molecule has 162 valence electrons. The van der Waals surface area contributed by atoms with Gasteiger partial charge < -0.3 is 24.8 Å². The molecule has 0 spiro atoms. The fourth-order valence-corrected chi connectivity index (χ4v) is 3.17. The summed E-state index contributed by atoms with van der Waals surface area (Å²) in [7, 11) is 5.50. The maximum atomic E-state index is 14.4. The lowest BCUT2D eigenvalue weighted by Gasteiger charge is -2.16. The fraction of sp³-hybridized carbons (Fsp3) is 0.273. The van der Waals surface area contributed by atoms with Crippen LogP contribution in [0.3, 0.4) is 0 Å². The minimum absolute atomic E-state index is 0.0334. The third-order valence-corrected chi connectivity index (χ3v) is 4.88. The van der Waals surface area contributed by atoms with E-state index in [1.54, 1.807) is 12.1 Å². The van der Waals surface area contributed by atoms with E-state index >= 15 is 0 Å². The summed E-state index contributed by atoms with van der Waals surface area (Å²) in [5.74, 6) is 0.0156. The number of halogens is 2. The van der Waals surface area contributed by atoms with Crippen LogP contribution in [-0.2, 0) is 0 Å². The molecule has 0 aliphatic rings. The standard InChI is InChI=1S/C22H22ClFN4O3/c1-28(2)5-4-6-31-21-10-17-14(7-20(21)30-3)22(13(11-25)12-26-17)27-18-9-19(29)15(23)8-16(18)24/h7-10,12,29H,4-6H2,1-3H3,(H,26,27). The van der Waals surface area contributed by atoms with Crippen molar-refractivity contribution in [2.75, 3.05) is 39.7 Å². The van der Waals surface area contributed by atoms with Crippen LogP contribution in [0.1, 0.15) is 12.0 Å². The molecule has 2 N–H and O–H groups in total. The van der Waals surface area contributed by atoms with Gasteiger partial charge in [0.05, 0.1) is 41.2 Å². The van der Waals surface area contributed by atoms with Crippen molar-refractivity contribution in [2.24, 2.45) is 0 Å². The highest BCUT2D eigenvalue weighted by atomic mass is 35.5. The van der Waals surface area contributed by atoms with E-state index in [1.807, 2.05) is 20.2 Å². The molecule has 2 aromatic carbocycles. The van der Waals surface area contributed by atoms with Gasteiger partial charge in [0.15, 0.2) is 11.5 Å². The molecule has 0 aliphatic carbocycles. The Morgan fingerprint density at radius 2 is 2.03 bits per heavy atom. The highest BCUT2D eigenvalue weighted by Gasteiger charge is 2.17. The lowest BCUT2D eigenvalue weighted by Crippen LogP contribution is -2.15. The van der Waals surface area contributed by atoms with E-state index < -0.39 is 5.82 Å². The predicted octanol–water partition coefficient (Wildman–Crippen LogP) is 4.69. The van der Waals surface area contributed by atoms with Crippen LogP contribution in [-0.4, -0.2) is 49.3 Å². The van der Waals surface area contributed by atoms with Gasteiger partial charge in [-0.25, -0.2) is 4.39 Å². The Morgan fingerprint density at radius 3 is 2.71 bits per heavy atom. The van der Waals surface area contributed by atoms with Crippen LogP contribution >= 0.6 is 11.6 Å². The van der Waals surface area contributed by atoms with E-state index in [2.05, 4.69) is 15.2 Å². The number of aromatic nitrogens is 1. The van der Waals surface area contributed by atoms with Crippen LogP contribution in [0.5, 0.6) is 17.2 Å². The zero-order chi connectivity index (χ0) is 22.5. The summed E-state index contributed by atoms with van der Waals surface area (Å²) in [5.41, 5.74) is 1.02.